The van der Waals surface area contributed by atoms with Crippen molar-refractivity contribution < 1.29 is 8.42 Å². The van der Waals surface area contributed by atoms with Crippen LogP contribution >= 0.6 is 24.0 Å². The Morgan fingerprint density at radius 3 is 2.33 bits per heavy atom. The summed E-state index contributed by atoms with van der Waals surface area (Å²) >= 11 is 0. The monoisotopic (exact) mass is 383 g/mol. The van der Waals surface area contributed by atoms with Gasteiger partial charge in [-0.2, -0.15) is 0 Å². The van der Waals surface area contributed by atoms with Gasteiger partial charge in [0.2, 0.25) is 0 Å². The first-order valence-electron chi connectivity index (χ1n) is 5.29. The molecule has 1 aromatic rings. The quantitative estimate of drug-likeness (QED) is 0.330. The second-order valence-electron chi connectivity index (χ2n) is 3.74. The van der Waals surface area contributed by atoms with Gasteiger partial charge in [0.25, 0.3) is 0 Å². The van der Waals surface area contributed by atoms with E-state index in [1.54, 1.807) is 12.1 Å². The van der Waals surface area contributed by atoms with Crippen LogP contribution in [-0.4, -0.2) is 26.7 Å². The molecule has 0 saturated carbocycles. The summed E-state index contributed by atoms with van der Waals surface area (Å²) < 4.78 is 23.5. The molecular weight excluding hydrogens is 365 g/mol. The molecule has 0 amide bonds. The molecule has 0 aliphatic carbocycles. The third-order valence-electron chi connectivity index (χ3n) is 2.14. The maximum atomic E-state index is 11.7. The number of sulfone groups is 1. The molecule has 0 atom stereocenters. The highest BCUT2D eigenvalue weighted by Crippen LogP contribution is 2.07. The van der Waals surface area contributed by atoms with E-state index in [0.717, 1.165) is 5.56 Å². The molecule has 0 saturated heterocycles. The van der Waals surface area contributed by atoms with Crippen molar-refractivity contribution in [2.24, 2.45) is 16.5 Å². The molecule has 0 heterocycles. The van der Waals surface area contributed by atoms with E-state index >= 15 is 0 Å². The summed E-state index contributed by atoms with van der Waals surface area (Å²) in [6.07, 6.45) is 0.438. The van der Waals surface area contributed by atoms with E-state index < -0.39 is 9.84 Å². The standard InChI is InChI=1S/C11H17N3O2S.HI/c12-11(13)14-7-4-8-17(15,16)9-10-5-2-1-3-6-10;/h1-3,5-6H,4,7-9H2,(H4,12,13,14);1H. The number of hydrogen-bond acceptors (Lipinski definition) is 3. The largest absolute Gasteiger partial charge is 0.370 e. The molecule has 0 aliphatic rings. The van der Waals surface area contributed by atoms with Crippen LogP contribution in [0, 0.1) is 0 Å². The molecule has 0 radical (unpaired) electrons. The van der Waals surface area contributed by atoms with Gasteiger partial charge in [0, 0.05) is 6.54 Å². The Labute approximate surface area is 125 Å². The van der Waals surface area contributed by atoms with E-state index in [4.69, 9.17) is 11.5 Å². The van der Waals surface area contributed by atoms with Crippen LogP contribution in [0.2, 0.25) is 0 Å². The third-order valence-corrected chi connectivity index (χ3v) is 3.82. The van der Waals surface area contributed by atoms with E-state index in [9.17, 15) is 8.42 Å². The van der Waals surface area contributed by atoms with Gasteiger partial charge < -0.3 is 11.5 Å². The second kappa shape index (κ2) is 8.30. The molecule has 5 nitrogen and oxygen atoms in total. The predicted molar refractivity (Wildman–Crippen MR) is 84.6 cm³/mol. The Morgan fingerprint density at radius 2 is 1.78 bits per heavy atom. The van der Waals surface area contributed by atoms with Gasteiger partial charge in [0.1, 0.15) is 0 Å². The molecule has 0 fully saturated rings. The van der Waals surface area contributed by atoms with Gasteiger partial charge in [-0.1, -0.05) is 30.3 Å². The summed E-state index contributed by atoms with van der Waals surface area (Å²) in [4.78, 5) is 3.74. The molecule has 7 heteroatoms. The van der Waals surface area contributed by atoms with E-state index in [-0.39, 0.29) is 41.4 Å². The lowest BCUT2D eigenvalue weighted by atomic mass is 10.2. The topological polar surface area (TPSA) is 98.5 Å². The summed E-state index contributed by atoms with van der Waals surface area (Å²) in [5.41, 5.74) is 11.1. The fourth-order valence-corrected chi connectivity index (χ4v) is 2.81. The van der Waals surface area contributed by atoms with Gasteiger partial charge in [0.05, 0.1) is 11.5 Å². The summed E-state index contributed by atoms with van der Waals surface area (Å²) in [6, 6.07) is 9.10. The van der Waals surface area contributed by atoms with Crippen LogP contribution in [-0.2, 0) is 15.6 Å². The SMILES string of the molecule is I.NC(N)=NCCCS(=O)(=O)Cc1ccccc1. The minimum atomic E-state index is -3.08. The first-order valence-corrected chi connectivity index (χ1v) is 7.11. The van der Waals surface area contributed by atoms with E-state index in [1.807, 2.05) is 18.2 Å². The van der Waals surface area contributed by atoms with Crippen molar-refractivity contribution in [1.29, 1.82) is 0 Å². The molecule has 0 aromatic heterocycles. The Kier molecular flexibility index (Phi) is 7.92. The fraction of sp³-hybridized carbons (Fsp3) is 0.364. The molecule has 0 aliphatic heterocycles. The molecule has 18 heavy (non-hydrogen) atoms. The number of hydrogen-bond donors (Lipinski definition) is 2. The van der Waals surface area contributed by atoms with Crippen LogP contribution < -0.4 is 11.5 Å². The highest BCUT2D eigenvalue weighted by atomic mass is 127. The van der Waals surface area contributed by atoms with Gasteiger partial charge in [-0.3, -0.25) is 4.99 Å². The van der Waals surface area contributed by atoms with Crippen molar-refractivity contribution in [3.63, 3.8) is 0 Å². The van der Waals surface area contributed by atoms with Crippen LogP contribution in [0.1, 0.15) is 12.0 Å². The highest BCUT2D eigenvalue weighted by Gasteiger charge is 2.10. The Morgan fingerprint density at radius 1 is 1.17 bits per heavy atom. The number of rotatable bonds is 6. The van der Waals surface area contributed by atoms with Crippen molar-refractivity contribution in [1.82, 2.24) is 0 Å². The van der Waals surface area contributed by atoms with E-state index in [2.05, 4.69) is 4.99 Å². The first kappa shape index (κ1) is 17.2. The van der Waals surface area contributed by atoms with Crippen LogP contribution in [0.5, 0.6) is 0 Å². The van der Waals surface area contributed by atoms with Crippen LogP contribution in [0.25, 0.3) is 0 Å². The average Bonchev–Trinajstić information content (AvgIpc) is 2.25. The van der Waals surface area contributed by atoms with Gasteiger partial charge in [0.15, 0.2) is 15.8 Å². The third kappa shape index (κ3) is 7.49. The van der Waals surface area contributed by atoms with Crippen molar-refractivity contribution >= 4 is 39.8 Å². The molecule has 102 valence electrons. The molecule has 0 unspecified atom stereocenters. The maximum absolute atomic E-state index is 11.7. The van der Waals surface area contributed by atoms with Gasteiger partial charge >= 0.3 is 0 Å². The van der Waals surface area contributed by atoms with Gasteiger partial charge in [-0.15, -0.1) is 24.0 Å². The highest BCUT2D eigenvalue weighted by molar-refractivity contribution is 14.0. The summed E-state index contributed by atoms with van der Waals surface area (Å²) in [7, 11) is -3.08. The number of benzene rings is 1. The number of aliphatic imine (C=N–C) groups is 1. The van der Waals surface area contributed by atoms with Gasteiger partial charge in [-0.25, -0.2) is 8.42 Å². The Hall–Kier alpha value is -0.830. The first-order chi connectivity index (χ1) is 7.99. The van der Waals surface area contributed by atoms with E-state index in [1.165, 1.54) is 0 Å². The Balaban J connectivity index is 0.00000289. The number of nitrogens with zero attached hydrogens (tertiary/aromatic N) is 1. The summed E-state index contributed by atoms with van der Waals surface area (Å²) in [6.45, 7) is 0.344. The average molecular weight is 383 g/mol. The lowest BCUT2D eigenvalue weighted by molar-refractivity contribution is 0.593. The predicted octanol–water partition coefficient (Wildman–Crippen LogP) is 0.883. The minimum Gasteiger partial charge on any atom is -0.370 e. The Bertz CT molecular complexity index is 470. The summed E-state index contributed by atoms with van der Waals surface area (Å²) in [5, 5.41) is 0. The minimum absolute atomic E-state index is 0. The zero-order valence-corrected chi connectivity index (χ0v) is 13.1. The van der Waals surface area contributed by atoms with E-state index in [0.29, 0.717) is 13.0 Å². The van der Waals surface area contributed by atoms with Crippen LogP contribution in [0.15, 0.2) is 35.3 Å². The lowest BCUT2D eigenvalue weighted by Crippen LogP contribution is -2.23. The molecule has 1 aromatic carbocycles. The molecule has 0 bridgehead atoms. The maximum Gasteiger partial charge on any atom is 0.185 e. The van der Waals surface area contributed by atoms with Crippen molar-refractivity contribution in [3.8, 4) is 0 Å². The number of guanidine groups is 1. The fourth-order valence-electron chi connectivity index (χ4n) is 1.39. The zero-order valence-electron chi connectivity index (χ0n) is 9.95. The lowest BCUT2D eigenvalue weighted by Gasteiger charge is -2.03. The normalized spacial score (nSPS) is 10.4. The van der Waals surface area contributed by atoms with Crippen molar-refractivity contribution in [2.45, 2.75) is 12.2 Å². The summed E-state index contributed by atoms with van der Waals surface area (Å²) in [5.74, 6) is 0.152. The van der Waals surface area contributed by atoms with Crippen molar-refractivity contribution in [3.05, 3.63) is 35.9 Å². The number of nitrogens with two attached hydrogens (primary N) is 2. The smallest absolute Gasteiger partial charge is 0.185 e. The second-order valence-corrected chi connectivity index (χ2v) is 5.92. The molecule has 1 rings (SSSR count). The zero-order chi connectivity index (χ0) is 12.7. The van der Waals surface area contributed by atoms with Crippen LogP contribution in [0.3, 0.4) is 0 Å². The van der Waals surface area contributed by atoms with Crippen molar-refractivity contribution in [2.75, 3.05) is 12.3 Å². The molecule has 0 spiro atoms. The molecule has 4 N–H and O–H groups in total. The number of halogens is 1. The van der Waals surface area contributed by atoms with Gasteiger partial charge in [-0.05, 0) is 12.0 Å². The molecular formula is C11H18IN3O2S. The van der Waals surface area contributed by atoms with Crippen LogP contribution in [0.4, 0.5) is 0 Å².